The Morgan fingerprint density at radius 3 is 1.41 bits per heavy atom. The predicted octanol–water partition coefficient (Wildman–Crippen LogP) is 4.66. The number of anilines is 2. The molecule has 0 amide bonds. The van der Waals surface area contributed by atoms with E-state index in [2.05, 4.69) is 75.6 Å². The average molecular weight is 367 g/mol. The number of hydrogen-bond acceptors (Lipinski definition) is 3. The molecule has 1 heterocycles. The maximum atomic E-state index is 12.4. The number of nitrogens with zero attached hydrogens (tertiary/aromatic N) is 2. The quantitative estimate of drug-likeness (QED) is 0.858. The van der Waals surface area contributed by atoms with Gasteiger partial charge in [0.05, 0.1) is 0 Å². The van der Waals surface area contributed by atoms with E-state index in [0.29, 0.717) is 0 Å². The van der Waals surface area contributed by atoms with E-state index in [4.69, 9.17) is 0 Å². The molecule has 0 spiro atoms. The Kier molecular flexibility index (Phi) is 5.18. The van der Waals surface area contributed by atoms with E-state index in [0.717, 1.165) is 53.1 Å². The van der Waals surface area contributed by atoms with Crippen molar-refractivity contribution in [3.05, 3.63) is 57.6 Å². The summed E-state index contributed by atoms with van der Waals surface area (Å²) in [7, 11) is 0. The summed E-state index contributed by atoms with van der Waals surface area (Å²) in [6.45, 7) is 14.0. The van der Waals surface area contributed by atoms with E-state index in [1.54, 1.807) is 0 Å². The first-order chi connectivity index (χ1) is 12.7. The van der Waals surface area contributed by atoms with Crippen molar-refractivity contribution < 1.29 is 9.90 Å². The van der Waals surface area contributed by atoms with Gasteiger partial charge in [0, 0.05) is 24.5 Å². The second-order valence-corrected chi connectivity index (χ2v) is 7.95. The first-order valence-electron chi connectivity index (χ1n) is 9.62. The number of carbonyl (C=O) groups is 1. The molecule has 1 N–H and O–H groups in total. The topological polar surface area (TPSA) is 43.8 Å². The SMILES string of the molecule is Cc1cc(C)c(N2CCCN(c3c(C)cc(C)cc3C)C2C(=O)O)c(C)c1. The zero-order valence-corrected chi connectivity index (χ0v) is 17.3. The van der Waals surface area contributed by atoms with Gasteiger partial charge in [0.15, 0.2) is 0 Å². The summed E-state index contributed by atoms with van der Waals surface area (Å²) < 4.78 is 0. The van der Waals surface area contributed by atoms with Crippen LogP contribution in [0.1, 0.15) is 39.8 Å². The minimum absolute atomic E-state index is 0.695. The summed E-state index contributed by atoms with van der Waals surface area (Å²) in [5.74, 6) is -0.798. The molecule has 0 aromatic heterocycles. The monoisotopic (exact) mass is 366 g/mol. The number of hydrogen-bond donors (Lipinski definition) is 1. The molecular formula is C23H30N2O2. The summed E-state index contributed by atoms with van der Waals surface area (Å²) in [4.78, 5) is 16.6. The lowest BCUT2D eigenvalue weighted by atomic mass is 9.99. The van der Waals surface area contributed by atoms with Crippen LogP contribution in [0.5, 0.6) is 0 Å². The van der Waals surface area contributed by atoms with Crippen molar-refractivity contribution in [2.75, 3.05) is 22.9 Å². The molecule has 0 bridgehead atoms. The van der Waals surface area contributed by atoms with Crippen molar-refractivity contribution in [2.24, 2.45) is 0 Å². The van der Waals surface area contributed by atoms with Crippen LogP contribution in [-0.2, 0) is 4.79 Å². The molecule has 2 aromatic rings. The number of aryl methyl sites for hydroxylation is 6. The van der Waals surface area contributed by atoms with Gasteiger partial charge in [-0.3, -0.25) is 0 Å². The normalized spacial score (nSPS) is 15.3. The van der Waals surface area contributed by atoms with Gasteiger partial charge >= 0.3 is 5.97 Å². The number of aliphatic carboxylic acids is 1. The summed E-state index contributed by atoms with van der Waals surface area (Å²) in [5.41, 5.74) is 9.08. The lowest BCUT2D eigenvalue weighted by Gasteiger charge is -2.46. The highest BCUT2D eigenvalue weighted by Gasteiger charge is 2.37. The molecule has 1 aliphatic rings. The zero-order chi connectivity index (χ0) is 19.9. The van der Waals surface area contributed by atoms with Crippen LogP contribution in [0.25, 0.3) is 0 Å². The molecule has 2 aromatic carbocycles. The van der Waals surface area contributed by atoms with E-state index < -0.39 is 12.1 Å². The smallest absolute Gasteiger partial charge is 0.347 e. The van der Waals surface area contributed by atoms with Gasteiger partial charge in [0.1, 0.15) is 0 Å². The van der Waals surface area contributed by atoms with Gasteiger partial charge in [-0.15, -0.1) is 0 Å². The molecule has 144 valence electrons. The molecule has 1 aliphatic heterocycles. The third-order valence-corrected chi connectivity index (χ3v) is 5.45. The molecule has 4 heteroatoms. The predicted molar refractivity (Wildman–Crippen MR) is 112 cm³/mol. The highest BCUT2D eigenvalue weighted by atomic mass is 16.4. The minimum atomic E-state index is -0.798. The molecule has 3 rings (SSSR count). The van der Waals surface area contributed by atoms with Crippen molar-refractivity contribution in [1.29, 1.82) is 0 Å². The van der Waals surface area contributed by atoms with Gasteiger partial charge in [-0.2, -0.15) is 0 Å². The lowest BCUT2D eigenvalue weighted by Crippen LogP contribution is -2.59. The fourth-order valence-electron chi connectivity index (χ4n) is 4.81. The molecular weight excluding hydrogens is 336 g/mol. The number of rotatable bonds is 3. The first-order valence-corrected chi connectivity index (χ1v) is 9.62. The maximum Gasteiger partial charge on any atom is 0.347 e. The van der Waals surface area contributed by atoms with Gasteiger partial charge in [0.2, 0.25) is 6.17 Å². The Balaban J connectivity index is 2.13. The van der Waals surface area contributed by atoms with E-state index in [-0.39, 0.29) is 0 Å². The Morgan fingerprint density at radius 2 is 1.11 bits per heavy atom. The second kappa shape index (κ2) is 7.26. The highest BCUT2D eigenvalue weighted by Crippen LogP contribution is 2.35. The van der Waals surface area contributed by atoms with Crippen LogP contribution in [0.3, 0.4) is 0 Å². The Bertz CT molecular complexity index is 776. The van der Waals surface area contributed by atoms with Crippen molar-refractivity contribution in [3.63, 3.8) is 0 Å². The van der Waals surface area contributed by atoms with Crippen LogP contribution in [0, 0.1) is 41.5 Å². The largest absolute Gasteiger partial charge is 0.478 e. The molecule has 0 unspecified atom stereocenters. The molecule has 27 heavy (non-hydrogen) atoms. The maximum absolute atomic E-state index is 12.4. The Morgan fingerprint density at radius 1 is 0.778 bits per heavy atom. The van der Waals surface area contributed by atoms with Gasteiger partial charge in [-0.1, -0.05) is 35.4 Å². The molecule has 0 radical (unpaired) electrons. The van der Waals surface area contributed by atoms with Gasteiger partial charge in [0.25, 0.3) is 0 Å². The summed E-state index contributed by atoms with van der Waals surface area (Å²) in [6.07, 6.45) is 0.238. The number of carboxylic acids is 1. The molecule has 4 nitrogen and oxygen atoms in total. The van der Waals surface area contributed by atoms with Crippen molar-refractivity contribution in [1.82, 2.24) is 0 Å². The van der Waals surface area contributed by atoms with Gasteiger partial charge < -0.3 is 14.9 Å². The van der Waals surface area contributed by atoms with Crippen molar-refractivity contribution in [2.45, 2.75) is 54.1 Å². The molecule has 1 saturated heterocycles. The van der Waals surface area contributed by atoms with Crippen LogP contribution in [-0.4, -0.2) is 30.3 Å². The van der Waals surface area contributed by atoms with Crippen LogP contribution in [0.2, 0.25) is 0 Å². The number of carboxylic acid groups (broad SMARTS) is 1. The molecule has 0 saturated carbocycles. The van der Waals surface area contributed by atoms with E-state index >= 15 is 0 Å². The standard InChI is InChI=1S/C23H30N2O2/c1-14-10-16(3)20(17(4)11-14)24-8-7-9-25(22(24)23(26)27)21-18(5)12-15(2)13-19(21)6/h10-13,22H,7-9H2,1-6H3,(H,26,27). The third kappa shape index (κ3) is 3.53. The molecule has 0 aliphatic carbocycles. The minimum Gasteiger partial charge on any atom is -0.478 e. The summed E-state index contributed by atoms with van der Waals surface area (Å²) in [6, 6.07) is 8.57. The van der Waals surface area contributed by atoms with Gasteiger partial charge in [-0.25, -0.2) is 4.79 Å². The molecule has 0 atom stereocenters. The van der Waals surface area contributed by atoms with E-state index in [1.807, 2.05) is 0 Å². The van der Waals surface area contributed by atoms with Crippen molar-refractivity contribution in [3.8, 4) is 0 Å². The summed E-state index contributed by atoms with van der Waals surface area (Å²) in [5, 5.41) is 10.2. The van der Waals surface area contributed by atoms with E-state index in [1.165, 1.54) is 11.1 Å². The summed E-state index contributed by atoms with van der Waals surface area (Å²) >= 11 is 0. The van der Waals surface area contributed by atoms with Crippen LogP contribution in [0.15, 0.2) is 24.3 Å². The highest BCUT2D eigenvalue weighted by molar-refractivity contribution is 5.85. The zero-order valence-electron chi connectivity index (χ0n) is 17.3. The second-order valence-electron chi connectivity index (χ2n) is 7.95. The van der Waals surface area contributed by atoms with Gasteiger partial charge in [-0.05, 0) is 70.2 Å². The Labute approximate surface area is 162 Å². The van der Waals surface area contributed by atoms with Crippen molar-refractivity contribution >= 4 is 17.3 Å². The average Bonchev–Trinajstić information content (AvgIpc) is 2.52. The Hall–Kier alpha value is -2.49. The molecule has 1 fully saturated rings. The fourth-order valence-corrected chi connectivity index (χ4v) is 4.81. The fraction of sp³-hybridized carbons (Fsp3) is 0.435. The van der Waals surface area contributed by atoms with Crippen LogP contribution >= 0.6 is 0 Å². The first kappa shape index (κ1) is 19.3. The third-order valence-electron chi connectivity index (χ3n) is 5.45. The van der Waals surface area contributed by atoms with Crippen LogP contribution < -0.4 is 9.80 Å². The lowest BCUT2D eigenvalue weighted by molar-refractivity contribution is -0.138. The number of benzene rings is 2. The van der Waals surface area contributed by atoms with E-state index in [9.17, 15) is 9.90 Å². The van der Waals surface area contributed by atoms with Crippen LogP contribution in [0.4, 0.5) is 11.4 Å².